The van der Waals surface area contributed by atoms with Gasteiger partial charge in [0.2, 0.25) is 5.36 Å². The predicted octanol–water partition coefficient (Wildman–Crippen LogP) is 6.51. The molecule has 5 aromatic rings. The summed E-state index contributed by atoms with van der Waals surface area (Å²) in [5.41, 5.74) is 8.20. The van der Waals surface area contributed by atoms with Crippen LogP contribution < -0.4 is 15.2 Å². The normalized spacial score (nSPS) is 13.1. The highest BCUT2D eigenvalue weighted by Gasteiger charge is 2.21. The Labute approximate surface area is 226 Å². The molecule has 0 radical (unpaired) electrons. The predicted molar refractivity (Wildman–Crippen MR) is 161 cm³/mol. The van der Waals surface area contributed by atoms with E-state index in [1.54, 1.807) is 0 Å². The number of fused-ring (bicyclic) bond motifs is 3. The second-order valence-corrected chi connectivity index (χ2v) is 10.8. The van der Waals surface area contributed by atoms with E-state index >= 15 is 0 Å². The number of rotatable bonds is 9. The molecule has 0 fully saturated rings. The first-order chi connectivity index (χ1) is 18.7. The number of unbranched alkanes of at least 4 members (excludes halogenated alkanes) is 2. The van der Waals surface area contributed by atoms with E-state index in [1.807, 2.05) is 0 Å². The average molecular weight is 503 g/mol. The van der Waals surface area contributed by atoms with Gasteiger partial charge < -0.3 is 9.13 Å². The van der Waals surface area contributed by atoms with Crippen LogP contribution in [0.25, 0.3) is 27.4 Å². The number of hydrogen-bond acceptors (Lipinski definition) is 0. The SMILES string of the molecule is CCCCn1cc(C(c2cn(CCCC)c3ccccc23)=c2ccc3c(c2)CC[N+]=3CC)c2ccccc21. The highest BCUT2D eigenvalue weighted by molar-refractivity contribution is 6.03. The molecular formula is C35H40N3+. The molecule has 3 heteroatoms. The Balaban J connectivity index is 1.69. The number of hydrogen-bond donors (Lipinski definition) is 0. The summed E-state index contributed by atoms with van der Waals surface area (Å²) in [7, 11) is 0. The van der Waals surface area contributed by atoms with Crippen LogP contribution in [0.5, 0.6) is 0 Å². The van der Waals surface area contributed by atoms with Gasteiger partial charge >= 0.3 is 0 Å². The second kappa shape index (κ2) is 10.6. The Kier molecular flexibility index (Phi) is 6.93. The largest absolute Gasteiger partial charge is 0.347 e. The first kappa shape index (κ1) is 24.7. The third-order valence-corrected chi connectivity index (χ3v) is 8.36. The van der Waals surface area contributed by atoms with Crippen molar-refractivity contribution < 1.29 is 0 Å². The molecule has 0 unspecified atom stereocenters. The van der Waals surface area contributed by atoms with E-state index in [4.69, 9.17) is 0 Å². The number of aromatic nitrogens is 2. The topological polar surface area (TPSA) is 12.9 Å². The fraction of sp³-hybridized carbons (Fsp3) is 0.343. The summed E-state index contributed by atoms with van der Waals surface area (Å²) in [4.78, 5) is 0. The standard InChI is InChI=1S/C35H40N3/c1-4-7-20-37-24-30(28-13-9-11-15-33(28)37)35(27-17-18-32-26(23-27)19-22-36(32)6-3)31-25-38(21-8-5-2)34-16-12-10-14-29(31)34/h9-18,23-25H,4-8,19-22H2,1-3H3/q+1. The molecule has 0 atom stereocenters. The van der Waals surface area contributed by atoms with Crippen LogP contribution >= 0.6 is 0 Å². The minimum atomic E-state index is 1.05. The molecule has 0 aliphatic carbocycles. The first-order valence-corrected chi connectivity index (χ1v) is 14.6. The Morgan fingerprint density at radius 1 is 0.737 bits per heavy atom. The molecule has 194 valence electrons. The number of aryl methyl sites for hydroxylation is 2. The van der Waals surface area contributed by atoms with E-state index in [9.17, 15) is 0 Å². The van der Waals surface area contributed by atoms with E-state index < -0.39 is 0 Å². The number of para-hydroxylation sites is 2. The Bertz CT molecular complexity index is 1640. The van der Waals surface area contributed by atoms with Crippen molar-refractivity contribution in [3.8, 4) is 0 Å². The van der Waals surface area contributed by atoms with E-state index in [1.165, 1.54) is 80.3 Å². The van der Waals surface area contributed by atoms with E-state index in [0.29, 0.717) is 0 Å². The first-order valence-electron chi connectivity index (χ1n) is 14.6. The fourth-order valence-electron chi connectivity index (χ4n) is 6.33. The molecule has 38 heavy (non-hydrogen) atoms. The van der Waals surface area contributed by atoms with E-state index in [-0.39, 0.29) is 0 Å². The van der Waals surface area contributed by atoms with Crippen molar-refractivity contribution in [2.75, 3.05) is 13.1 Å². The zero-order valence-electron chi connectivity index (χ0n) is 23.2. The maximum absolute atomic E-state index is 2.51. The minimum Gasteiger partial charge on any atom is -0.347 e. The van der Waals surface area contributed by atoms with Crippen LogP contribution in [0.4, 0.5) is 0 Å². The van der Waals surface area contributed by atoms with Gasteiger partial charge in [-0.2, -0.15) is 0 Å². The van der Waals surface area contributed by atoms with Gasteiger partial charge in [0.05, 0.1) is 0 Å². The molecule has 6 rings (SSSR count). The van der Waals surface area contributed by atoms with Gasteiger partial charge in [-0.3, -0.25) is 0 Å². The van der Waals surface area contributed by atoms with Crippen LogP contribution in [0.2, 0.25) is 0 Å². The number of nitrogens with zero attached hydrogens (tertiary/aromatic N) is 3. The van der Waals surface area contributed by atoms with E-state index in [0.717, 1.165) is 32.6 Å². The highest BCUT2D eigenvalue weighted by Crippen LogP contribution is 2.35. The van der Waals surface area contributed by atoms with Gasteiger partial charge in [0.25, 0.3) is 0 Å². The molecule has 1 aliphatic heterocycles. The number of likely N-dealkylation sites (N-methyl/N-ethyl adjacent to an activating group) is 1. The quantitative estimate of drug-likeness (QED) is 0.204. The molecule has 0 saturated heterocycles. The molecule has 0 amide bonds. The maximum Gasteiger partial charge on any atom is 0.203 e. The minimum absolute atomic E-state index is 1.05. The summed E-state index contributed by atoms with van der Waals surface area (Å²) < 4.78 is 7.47. The third kappa shape index (κ3) is 4.28. The van der Waals surface area contributed by atoms with E-state index in [2.05, 4.69) is 114 Å². The van der Waals surface area contributed by atoms with Gasteiger partial charge in [-0.1, -0.05) is 63.1 Å². The molecule has 3 heterocycles. The molecule has 0 N–H and O–H groups in total. The lowest BCUT2D eigenvalue weighted by Gasteiger charge is -2.08. The molecule has 3 nitrogen and oxygen atoms in total. The van der Waals surface area contributed by atoms with Crippen molar-refractivity contribution in [3.63, 3.8) is 0 Å². The van der Waals surface area contributed by atoms with Gasteiger partial charge in [0, 0.05) is 82.0 Å². The van der Waals surface area contributed by atoms with Crippen LogP contribution in [-0.4, -0.2) is 22.2 Å². The van der Waals surface area contributed by atoms with Gasteiger partial charge in [-0.25, -0.2) is 4.58 Å². The average Bonchev–Trinajstić information content (AvgIpc) is 3.65. The lowest BCUT2D eigenvalue weighted by molar-refractivity contribution is 0.638. The highest BCUT2D eigenvalue weighted by atomic mass is 15.0. The van der Waals surface area contributed by atoms with Crippen molar-refractivity contribution in [2.24, 2.45) is 0 Å². The zero-order valence-corrected chi connectivity index (χ0v) is 23.2. The second-order valence-electron chi connectivity index (χ2n) is 10.8. The van der Waals surface area contributed by atoms with Crippen LogP contribution in [0, 0.1) is 0 Å². The van der Waals surface area contributed by atoms with Crippen molar-refractivity contribution in [1.29, 1.82) is 0 Å². The summed E-state index contributed by atoms with van der Waals surface area (Å²) in [5, 5.41) is 5.43. The Morgan fingerprint density at radius 3 is 1.87 bits per heavy atom. The zero-order chi connectivity index (χ0) is 26.1. The molecule has 2 aromatic heterocycles. The molecule has 0 saturated carbocycles. The monoisotopic (exact) mass is 502 g/mol. The molecule has 0 bridgehead atoms. The van der Waals surface area contributed by atoms with Crippen LogP contribution in [0.15, 0.2) is 79.1 Å². The fourth-order valence-corrected chi connectivity index (χ4v) is 6.33. The van der Waals surface area contributed by atoms with Gasteiger partial charge in [0.1, 0.15) is 13.1 Å². The molecule has 0 spiro atoms. The van der Waals surface area contributed by atoms with Gasteiger partial charge in [-0.05, 0) is 49.2 Å². The summed E-state index contributed by atoms with van der Waals surface area (Å²) >= 11 is 0. The van der Waals surface area contributed by atoms with Gasteiger partial charge in [0.15, 0.2) is 0 Å². The van der Waals surface area contributed by atoms with Crippen LogP contribution in [0.3, 0.4) is 0 Å². The Morgan fingerprint density at radius 2 is 1.32 bits per heavy atom. The lowest BCUT2D eigenvalue weighted by atomic mass is 9.94. The summed E-state index contributed by atoms with van der Waals surface area (Å²) in [6.07, 6.45) is 10.8. The maximum atomic E-state index is 2.51. The van der Waals surface area contributed by atoms with Crippen molar-refractivity contribution in [2.45, 2.75) is 66.0 Å². The lowest BCUT2D eigenvalue weighted by Crippen LogP contribution is -2.26. The molecular weight excluding hydrogens is 462 g/mol. The van der Waals surface area contributed by atoms with Crippen LogP contribution in [0.1, 0.15) is 63.1 Å². The summed E-state index contributed by atoms with van der Waals surface area (Å²) in [6.45, 7) is 11.1. The van der Waals surface area contributed by atoms with Gasteiger partial charge in [-0.15, -0.1) is 0 Å². The Hall–Kier alpha value is -3.59. The summed E-state index contributed by atoms with van der Waals surface area (Å²) in [5.74, 6) is 0. The van der Waals surface area contributed by atoms with Crippen LogP contribution in [-0.2, 0) is 19.5 Å². The smallest absolute Gasteiger partial charge is 0.203 e. The summed E-state index contributed by atoms with van der Waals surface area (Å²) in [6, 6.07) is 25.2. The molecule has 1 aliphatic rings. The molecule has 3 aromatic carbocycles. The van der Waals surface area contributed by atoms with Crippen molar-refractivity contribution in [1.82, 2.24) is 13.7 Å². The number of benzene rings is 3. The third-order valence-electron chi connectivity index (χ3n) is 8.36. The van der Waals surface area contributed by atoms with Crippen molar-refractivity contribution >= 4 is 27.4 Å². The van der Waals surface area contributed by atoms with Crippen molar-refractivity contribution in [3.05, 3.63) is 106 Å².